The van der Waals surface area contributed by atoms with Gasteiger partial charge in [-0.05, 0) is 19.1 Å². The van der Waals surface area contributed by atoms with Gasteiger partial charge in [-0.2, -0.15) is 5.10 Å². The SMILES string of the molecule is C[C@@H](Cn1ncc2ccc(O)c([N+](=O)[O-])c21)NC(=O)O. The highest BCUT2D eigenvalue weighted by Crippen LogP contribution is 2.34. The second-order valence-electron chi connectivity index (χ2n) is 4.31. The van der Waals surface area contributed by atoms with E-state index in [1.807, 2.05) is 0 Å². The molecule has 0 bridgehead atoms. The van der Waals surface area contributed by atoms with Gasteiger partial charge in [-0.3, -0.25) is 14.8 Å². The minimum atomic E-state index is -1.19. The van der Waals surface area contributed by atoms with Crippen molar-refractivity contribution in [1.29, 1.82) is 0 Å². The van der Waals surface area contributed by atoms with Crippen LogP contribution in [0.3, 0.4) is 0 Å². The molecule has 1 aromatic heterocycles. The lowest BCUT2D eigenvalue weighted by atomic mass is 10.2. The molecule has 9 nitrogen and oxygen atoms in total. The smallest absolute Gasteiger partial charge is 0.404 e. The van der Waals surface area contributed by atoms with Gasteiger partial charge in [-0.1, -0.05) is 0 Å². The number of rotatable bonds is 4. The molecule has 3 N–H and O–H groups in total. The Balaban J connectivity index is 2.47. The summed E-state index contributed by atoms with van der Waals surface area (Å²) in [7, 11) is 0. The molecular formula is C11H12N4O5. The van der Waals surface area contributed by atoms with Gasteiger partial charge in [0, 0.05) is 11.4 Å². The van der Waals surface area contributed by atoms with Crippen LogP contribution in [-0.4, -0.2) is 37.1 Å². The Bertz CT molecular complexity index is 681. The van der Waals surface area contributed by atoms with E-state index in [4.69, 9.17) is 5.11 Å². The highest BCUT2D eigenvalue weighted by atomic mass is 16.6. The number of benzene rings is 1. The number of phenols is 1. The third-order valence-corrected chi connectivity index (χ3v) is 2.75. The van der Waals surface area contributed by atoms with E-state index in [0.717, 1.165) is 0 Å². The van der Waals surface area contributed by atoms with Gasteiger partial charge in [0.05, 0.1) is 17.7 Å². The van der Waals surface area contributed by atoms with Crippen molar-refractivity contribution in [3.8, 4) is 5.75 Å². The molecule has 20 heavy (non-hydrogen) atoms. The van der Waals surface area contributed by atoms with Crippen molar-refractivity contribution in [3.05, 3.63) is 28.4 Å². The summed E-state index contributed by atoms with van der Waals surface area (Å²) in [6.07, 6.45) is 0.237. The summed E-state index contributed by atoms with van der Waals surface area (Å²) in [6, 6.07) is 2.25. The second-order valence-corrected chi connectivity index (χ2v) is 4.31. The lowest BCUT2D eigenvalue weighted by Gasteiger charge is -2.12. The fourth-order valence-corrected chi connectivity index (χ4v) is 1.98. The highest BCUT2D eigenvalue weighted by Gasteiger charge is 2.23. The minimum absolute atomic E-state index is 0.111. The van der Waals surface area contributed by atoms with Crippen LogP contribution in [0.4, 0.5) is 10.5 Å². The number of aromatic nitrogens is 2. The van der Waals surface area contributed by atoms with E-state index in [2.05, 4.69) is 10.4 Å². The quantitative estimate of drug-likeness (QED) is 0.571. The van der Waals surface area contributed by atoms with Crippen molar-refractivity contribution < 1.29 is 19.9 Å². The Morgan fingerprint density at radius 3 is 2.90 bits per heavy atom. The minimum Gasteiger partial charge on any atom is -0.502 e. The number of nitrogens with zero attached hydrogens (tertiary/aromatic N) is 3. The van der Waals surface area contributed by atoms with Crippen molar-refractivity contribution in [2.45, 2.75) is 19.5 Å². The summed E-state index contributed by atoms with van der Waals surface area (Å²) >= 11 is 0. The largest absolute Gasteiger partial charge is 0.502 e. The van der Waals surface area contributed by atoms with Crippen LogP contribution in [0, 0.1) is 10.1 Å². The summed E-state index contributed by atoms with van der Waals surface area (Å²) in [5, 5.41) is 36.0. The average Bonchev–Trinajstić information content (AvgIpc) is 2.70. The highest BCUT2D eigenvalue weighted by molar-refractivity contribution is 5.90. The van der Waals surface area contributed by atoms with Gasteiger partial charge in [0.2, 0.25) is 0 Å². The van der Waals surface area contributed by atoms with Crippen molar-refractivity contribution >= 4 is 22.7 Å². The summed E-state index contributed by atoms with van der Waals surface area (Å²) < 4.78 is 1.30. The molecule has 0 aliphatic heterocycles. The number of phenolic OH excluding ortho intramolecular Hbond substituents is 1. The maximum atomic E-state index is 11.0. The van der Waals surface area contributed by atoms with Crippen molar-refractivity contribution in [3.63, 3.8) is 0 Å². The number of nitrogens with one attached hydrogen (secondary N) is 1. The number of fused-ring (bicyclic) bond motifs is 1. The summed E-state index contributed by atoms with van der Waals surface area (Å²) in [5.74, 6) is -0.455. The average molecular weight is 280 g/mol. The molecule has 2 aromatic rings. The van der Waals surface area contributed by atoms with E-state index in [9.17, 15) is 20.0 Å². The molecule has 0 aliphatic carbocycles. The van der Waals surface area contributed by atoms with Crippen LogP contribution in [-0.2, 0) is 6.54 Å². The topological polar surface area (TPSA) is 131 Å². The number of hydrogen-bond donors (Lipinski definition) is 3. The second kappa shape index (κ2) is 5.03. The lowest BCUT2D eigenvalue weighted by Crippen LogP contribution is -2.34. The number of carboxylic acid groups (broad SMARTS) is 1. The molecule has 1 atom stereocenters. The molecule has 0 saturated carbocycles. The summed E-state index contributed by atoms with van der Waals surface area (Å²) in [4.78, 5) is 20.9. The van der Waals surface area contributed by atoms with Gasteiger partial charge >= 0.3 is 11.8 Å². The fourth-order valence-electron chi connectivity index (χ4n) is 1.98. The molecule has 1 amide bonds. The predicted octanol–water partition coefficient (Wildman–Crippen LogP) is 1.31. The van der Waals surface area contributed by atoms with Gasteiger partial charge in [0.1, 0.15) is 5.52 Å². The summed E-state index contributed by atoms with van der Waals surface area (Å²) in [6.45, 7) is 1.72. The monoisotopic (exact) mass is 280 g/mol. The van der Waals surface area contributed by atoms with E-state index in [1.54, 1.807) is 6.92 Å². The van der Waals surface area contributed by atoms with E-state index < -0.39 is 28.5 Å². The molecule has 0 fully saturated rings. The normalized spacial score (nSPS) is 12.2. The number of carbonyl (C=O) groups is 1. The zero-order chi connectivity index (χ0) is 14.9. The molecule has 2 rings (SSSR count). The molecule has 0 unspecified atom stereocenters. The molecule has 0 spiro atoms. The fraction of sp³-hybridized carbons (Fsp3) is 0.273. The molecule has 0 aliphatic rings. The van der Waals surface area contributed by atoms with Crippen LogP contribution in [0.5, 0.6) is 5.75 Å². The van der Waals surface area contributed by atoms with E-state index in [1.165, 1.54) is 23.0 Å². The molecular weight excluding hydrogens is 268 g/mol. The zero-order valence-corrected chi connectivity index (χ0v) is 10.5. The Labute approximate surface area is 112 Å². The van der Waals surface area contributed by atoms with Crippen molar-refractivity contribution in [2.24, 2.45) is 0 Å². The Morgan fingerprint density at radius 1 is 1.60 bits per heavy atom. The molecule has 1 heterocycles. The zero-order valence-electron chi connectivity index (χ0n) is 10.5. The number of amides is 1. The van der Waals surface area contributed by atoms with Crippen LogP contribution in [0.2, 0.25) is 0 Å². The van der Waals surface area contributed by atoms with Gasteiger partial charge < -0.3 is 15.5 Å². The molecule has 106 valence electrons. The van der Waals surface area contributed by atoms with E-state index >= 15 is 0 Å². The molecule has 1 aromatic carbocycles. The first-order chi connectivity index (χ1) is 9.40. The van der Waals surface area contributed by atoms with Gasteiger partial charge in [0.25, 0.3) is 0 Å². The standard InChI is InChI=1S/C11H12N4O5/c1-6(13-11(17)18)5-14-9-7(4-12-14)2-3-8(16)10(9)15(19)20/h2-4,6,13,16H,5H2,1H3,(H,17,18)/t6-/m0/s1. The van der Waals surface area contributed by atoms with Crippen molar-refractivity contribution in [2.75, 3.05) is 0 Å². The third kappa shape index (κ3) is 2.46. The predicted molar refractivity (Wildman–Crippen MR) is 68.7 cm³/mol. The van der Waals surface area contributed by atoms with Crippen LogP contribution in [0.25, 0.3) is 10.9 Å². The Hall–Kier alpha value is -2.84. The Kier molecular flexibility index (Phi) is 3.42. The van der Waals surface area contributed by atoms with Crippen LogP contribution < -0.4 is 5.32 Å². The first-order valence-electron chi connectivity index (χ1n) is 5.71. The molecule has 9 heteroatoms. The lowest BCUT2D eigenvalue weighted by molar-refractivity contribution is -0.384. The number of nitro benzene ring substituents is 1. The number of nitro groups is 1. The van der Waals surface area contributed by atoms with Crippen LogP contribution >= 0.6 is 0 Å². The van der Waals surface area contributed by atoms with E-state index in [0.29, 0.717) is 5.39 Å². The van der Waals surface area contributed by atoms with Gasteiger partial charge in [-0.25, -0.2) is 4.79 Å². The molecule has 0 saturated heterocycles. The van der Waals surface area contributed by atoms with Gasteiger partial charge in [-0.15, -0.1) is 0 Å². The Morgan fingerprint density at radius 2 is 2.30 bits per heavy atom. The molecule has 0 radical (unpaired) electrons. The van der Waals surface area contributed by atoms with Crippen LogP contribution in [0.15, 0.2) is 18.3 Å². The first kappa shape index (κ1) is 13.6. The number of hydrogen-bond acceptors (Lipinski definition) is 5. The summed E-state index contributed by atoms with van der Waals surface area (Å²) in [5.41, 5.74) is -0.281. The number of aromatic hydroxyl groups is 1. The van der Waals surface area contributed by atoms with E-state index in [-0.39, 0.29) is 12.1 Å². The van der Waals surface area contributed by atoms with Gasteiger partial charge in [0.15, 0.2) is 5.75 Å². The maximum Gasteiger partial charge on any atom is 0.404 e. The van der Waals surface area contributed by atoms with Crippen molar-refractivity contribution in [1.82, 2.24) is 15.1 Å². The maximum absolute atomic E-state index is 11.0. The third-order valence-electron chi connectivity index (χ3n) is 2.75. The first-order valence-corrected chi connectivity index (χ1v) is 5.71. The van der Waals surface area contributed by atoms with Crippen LogP contribution in [0.1, 0.15) is 6.92 Å².